The summed E-state index contributed by atoms with van der Waals surface area (Å²) in [5.74, 6) is 0.185. The minimum atomic E-state index is 0.185. The summed E-state index contributed by atoms with van der Waals surface area (Å²) in [7, 11) is 0. The summed E-state index contributed by atoms with van der Waals surface area (Å²) in [6, 6.07) is 9.43. The average Bonchev–Trinajstić information content (AvgIpc) is 2.84. The topological polar surface area (TPSA) is 34.9 Å². The van der Waals surface area contributed by atoms with E-state index in [0.29, 0.717) is 6.42 Å². The highest BCUT2D eigenvalue weighted by atomic mass is 35.5. The first kappa shape index (κ1) is 15.8. The van der Waals surface area contributed by atoms with Crippen molar-refractivity contribution in [1.82, 2.24) is 9.78 Å². The number of carbonyl (C=O) groups is 1. The minimum absolute atomic E-state index is 0.185. The maximum absolute atomic E-state index is 12.1. The fourth-order valence-electron chi connectivity index (χ4n) is 2.44. The van der Waals surface area contributed by atoms with Crippen LogP contribution in [0.15, 0.2) is 30.3 Å². The molecule has 0 spiro atoms. The molecule has 0 atom stereocenters. The van der Waals surface area contributed by atoms with E-state index in [1.54, 1.807) is 0 Å². The van der Waals surface area contributed by atoms with Gasteiger partial charge in [0.2, 0.25) is 0 Å². The molecule has 0 saturated carbocycles. The molecular weight excluding hydrogens is 284 g/mol. The van der Waals surface area contributed by atoms with Crippen molar-refractivity contribution in [2.45, 2.75) is 46.1 Å². The molecule has 0 aliphatic carbocycles. The quantitative estimate of drug-likeness (QED) is 0.714. The van der Waals surface area contributed by atoms with Crippen molar-refractivity contribution in [2.75, 3.05) is 0 Å². The molecule has 4 heteroatoms. The molecule has 0 bridgehead atoms. The van der Waals surface area contributed by atoms with Gasteiger partial charge in [0, 0.05) is 18.5 Å². The van der Waals surface area contributed by atoms with Crippen molar-refractivity contribution in [3.05, 3.63) is 52.3 Å². The molecule has 0 N–H and O–H groups in total. The first-order chi connectivity index (χ1) is 10.2. The normalized spacial score (nSPS) is 10.8. The number of aryl methyl sites for hydroxylation is 2. The second-order valence-electron chi connectivity index (χ2n) is 5.02. The van der Waals surface area contributed by atoms with Crippen molar-refractivity contribution in [3.8, 4) is 0 Å². The van der Waals surface area contributed by atoms with Crippen molar-refractivity contribution in [3.63, 3.8) is 0 Å². The van der Waals surface area contributed by atoms with Crippen LogP contribution in [0, 0.1) is 0 Å². The lowest BCUT2D eigenvalue weighted by Gasteiger charge is -2.05. The SMILES string of the molecule is CCc1nn(CC)c(CCCC(=O)c2ccccc2)c1Cl. The molecule has 0 fully saturated rings. The maximum atomic E-state index is 12.1. The molecule has 0 radical (unpaired) electrons. The molecule has 21 heavy (non-hydrogen) atoms. The maximum Gasteiger partial charge on any atom is 0.162 e. The van der Waals surface area contributed by atoms with Crippen LogP contribution in [-0.2, 0) is 19.4 Å². The Labute approximate surface area is 130 Å². The summed E-state index contributed by atoms with van der Waals surface area (Å²) >= 11 is 6.37. The zero-order valence-electron chi connectivity index (χ0n) is 12.6. The van der Waals surface area contributed by atoms with E-state index in [2.05, 4.69) is 18.9 Å². The Balaban J connectivity index is 1.98. The van der Waals surface area contributed by atoms with Crippen LogP contribution in [0.1, 0.15) is 48.4 Å². The molecule has 3 nitrogen and oxygen atoms in total. The van der Waals surface area contributed by atoms with Crippen LogP contribution in [0.2, 0.25) is 5.02 Å². The van der Waals surface area contributed by atoms with E-state index in [1.165, 1.54) is 0 Å². The highest BCUT2D eigenvalue weighted by Gasteiger charge is 2.14. The second-order valence-corrected chi connectivity index (χ2v) is 5.40. The van der Waals surface area contributed by atoms with Gasteiger partial charge < -0.3 is 0 Å². The fraction of sp³-hybridized carbons (Fsp3) is 0.412. The van der Waals surface area contributed by atoms with Crippen LogP contribution in [0.25, 0.3) is 0 Å². The van der Waals surface area contributed by atoms with E-state index >= 15 is 0 Å². The summed E-state index contributed by atoms with van der Waals surface area (Å²) in [6.07, 6.45) is 2.96. The second kappa shape index (κ2) is 7.41. The Hall–Kier alpha value is -1.61. The van der Waals surface area contributed by atoms with Gasteiger partial charge in [-0.25, -0.2) is 0 Å². The van der Waals surface area contributed by atoms with E-state index in [1.807, 2.05) is 35.0 Å². The number of rotatable bonds is 7. The Morgan fingerprint density at radius 2 is 1.95 bits per heavy atom. The van der Waals surface area contributed by atoms with E-state index in [-0.39, 0.29) is 5.78 Å². The van der Waals surface area contributed by atoms with Crippen LogP contribution in [0.3, 0.4) is 0 Å². The third kappa shape index (κ3) is 3.73. The molecule has 0 amide bonds. The highest BCUT2D eigenvalue weighted by Crippen LogP contribution is 2.23. The van der Waals surface area contributed by atoms with Crippen LogP contribution >= 0.6 is 11.6 Å². The highest BCUT2D eigenvalue weighted by molar-refractivity contribution is 6.31. The summed E-state index contributed by atoms with van der Waals surface area (Å²) in [4.78, 5) is 12.1. The summed E-state index contributed by atoms with van der Waals surface area (Å²) in [6.45, 7) is 4.92. The zero-order valence-corrected chi connectivity index (χ0v) is 13.4. The van der Waals surface area contributed by atoms with Gasteiger partial charge in [0.05, 0.1) is 16.4 Å². The van der Waals surface area contributed by atoms with Crippen molar-refractivity contribution >= 4 is 17.4 Å². The lowest BCUT2D eigenvalue weighted by molar-refractivity contribution is 0.0980. The smallest absolute Gasteiger partial charge is 0.162 e. The lowest BCUT2D eigenvalue weighted by atomic mass is 10.0. The number of halogens is 1. The van der Waals surface area contributed by atoms with Gasteiger partial charge in [-0.05, 0) is 26.2 Å². The zero-order chi connectivity index (χ0) is 15.2. The molecule has 0 unspecified atom stereocenters. The number of Topliss-reactive ketones (excluding diaryl/α,β-unsaturated/α-hetero) is 1. The van der Waals surface area contributed by atoms with Crippen LogP contribution in [0.5, 0.6) is 0 Å². The number of ketones is 1. The fourth-order valence-corrected chi connectivity index (χ4v) is 2.80. The molecule has 0 aliphatic rings. The molecule has 2 aromatic rings. The predicted molar refractivity (Wildman–Crippen MR) is 86.0 cm³/mol. The summed E-state index contributed by atoms with van der Waals surface area (Å²) in [5, 5.41) is 5.27. The third-order valence-corrected chi connectivity index (χ3v) is 4.04. The number of hydrogen-bond donors (Lipinski definition) is 0. The van der Waals surface area contributed by atoms with E-state index in [9.17, 15) is 4.79 Å². The number of carbonyl (C=O) groups excluding carboxylic acids is 1. The predicted octanol–water partition coefficient (Wildman–Crippen LogP) is 4.32. The number of hydrogen-bond acceptors (Lipinski definition) is 2. The van der Waals surface area contributed by atoms with Gasteiger partial charge in [-0.1, -0.05) is 48.9 Å². The minimum Gasteiger partial charge on any atom is -0.294 e. The average molecular weight is 305 g/mol. The van der Waals surface area contributed by atoms with Crippen molar-refractivity contribution < 1.29 is 4.79 Å². The van der Waals surface area contributed by atoms with Gasteiger partial charge in [-0.3, -0.25) is 9.48 Å². The molecule has 1 aromatic carbocycles. The van der Waals surface area contributed by atoms with Crippen molar-refractivity contribution in [1.29, 1.82) is 0 Å². The monoisotopic (exact) mass is 304 g/mol. The lowest BCUT2D eigenvalue weighted by Crippen LogP contribution is -2.05. The number of nitrogens with zero attached hydrogens (tertiary/aromatic N) is 2. The Morgan fingerprint density at radius 3 is 2.57 bits per heavy atom. The molecule has 0 saturated heterocycles. The first-order valence-corrected chi connectivity index (χ1v) is 7.87. The van der Waals surface area contributed by atoms with Gasteiger partial charge in [0.25, 0.3) is 0 Å². The first-order valence-electron chi connectivity index (χ1n) is 7.49. The number of aromatic nitrogens is 2. The molecular formula is C17H21ClN2O. The standard InChI is InChI=1S/C17H21ClN2O/c1-3-14-17(18)15(20(4-2)19-14)11-8-12-16(21)13-9-6-5-7-10-13/h5-7,9-10H,3-4,8,11-12H2,1-2H3. The van der Waals surface area contributed by atoms with Crippen LogP contribution < -0.4 is 0 Å². The molecule has 112 valence electrons. The van der Waals surface area contributed by atoms with Crippen LogP contribution in [0.4, 0.5) is 0 Å². The van der Waals surface area contributed by atoms with E-state index in [4.69, 9.17) is 11.6 Å². The Bertz CT molecular complexity index is 605. The van der Waals surface area contributed by atoms with Gasteiger partial charge in [0.15, 0.2) is 5.78 Å². The Morgan fingerprint density at radius 1 is 1.24 bits per heavy atom. The number of benzene rings is 1. The van der Waals surface area contributed by atoms with Crippen LogP contribution in [-0.4, -0.2) is 15.6 Å². The van der Waals surface area contributed by atoms with Gasteiger partial charge >= 0.3 is 0 Å². The molecule has 0 aliphatic heterocycles. The van der Waals surface area contributed by atoms with E-state index < -0.39 is 0 Å². The van der Waals surface area contributed by atoms with Gasteiger partial charge in [-0.15, -0.1) is 0 Å². The molecule has 1 heterocycles. The molecule has 1 aromatic heterocycles. The largest absolute Gasteiger partial charge is 0.294 e. The third-order valence-electron chi connectivity index (χ3n) is 3.61. The van der Waals surface area contributed by atoms with Gasteiger partial charge in [-0.2, -0.15) is 5.10 Å². The molecule has 2 rings (SSSR count). The summed E-state index contributed by atoms with van der Waals surface area (Å²) in [5.41, 5.74) is 2.78. The van der Waals surface area contributed by atoms with E-state index in [0.717, 1.165) is 47.8 Å². The summed E-state index contributed by atoms with van der Waals surface area (Å²) < 4.78 is 1.95. The Kier molecular flexibility index (Phi) is 5.57. The van der Waals surface area contributed by atoms with Crippen molar-refractivity contribution in [2.24, 2.45) is 0 Å². The van der Waals surface area contributed by atoms with Gasteiger partial charge in [0.1, 0.15) is 0 Å².